The standard InChI is InChI=1S/C21H24N4O3/c22-20(25-21(27)28-14-15-4-2-1-3-5-15)24-19(26)18-8-6-16(7-9-18)17-10-12-23-13-11-17/h1-9,17,23H,10-14H2,(H3,22,24,25,26,27). The number of benzene rings is 2. The zero-order valence-corrected chi connectivity index (χ0v) is 15.5. The number of hydrogen-bond donors (Lipinski definition) is 4. The molecule has 1 heterocycles. The number of guanidine groups is 1. The second-order valence-corrected chi connectivity index (χ2v) is 6.66. The van der Waals surface area contributed by atoms with E-state index in [0.29, 0.717) is 11.5 Å². The minimum absolute atomic E-state index is 0.0893. The van der Waals surface area contributed by atoms with Gasteiger partial charge in [-0.2, -0.15) is 0 Å². The molecule has 3 rings (SSSR count). The van der Waals surface area contributed by atoms with Gasteiger partial charge in [-0.3, -0.25) is 20.8 Å². The molecule has 1 aliphatic rings. The quantitative estimate of drug-likeness (QED) is 0.484. The van der Waals surface area contributed by atoms with Gasteiger partial charge in [0.15, 0.2) is 0 Å². The van der Waals surface area contributed by atoms with Crippen molar-refractivity contribution in [3.05, 3.63) is 71.3 Å². The molecular weight excluding hydrogens is 356 g/mol. The van der Waals surface area contributed by atoms with Gasteiger partial charge in [-0.25, -0.2) is 4.79 Å². The Kier molecular flexibility index (Phi) is 6.75. The molecule has 2 aromatic carbocycles. The fourth-order valence-electron chi connectivity index (χ4n) is 3.14. The summed E-state index contributed by atoms with van der Waals surface area (Å²) in [4.78, 5) is 24.0. The number of carbonyl (C=O) groups excluding carboxylic acids is 2. The topological polar surface area (TPSA) is 103 Å². The van der Waals surface area contributed by atoms with Crippen LogP contribution in [-0.4, -0.2) is 31.0 Å². The normalized spacial score (nSPS) is 14.1. The molecule has 0 aliphatic carbocycles. The summed E-state index contributed by atoms with van der Waals surface area (Å²) in [5.41, 5.74) is 2.49. The Morgan fingerprint density at radius 1 is 1.00 bits per heavy atom. The molecule has 28 heavy (non-hydrogen) atoms. The van der Waals surface area contributed by atoms with Gasteiger partial charge in [0.25, 0.3) is 5.91 Å². The minimum Gasteiger partial charge on any atom is -0.444 e. The first-order valence-corrected chi connectivity index (χ1v) is 9.30. The first kappa shape index (κ1) is 19.6. The van der Waals surface area contributed by atoms with Crippen LogP contribution < -0.4 is 16.0 Å². The van der Waals surface area contributed by atoms with E-state index < -0.39 is 18.0 Å². The molecule has 1 saturated heterocycles. The third-order valence-electron chi connectivity index (χ3n) is 4.66. The summed E-state index contributed by atoms with van der Waals surface area (Å²) >= 11 is 0. The molecule has 0 spiro atoms. The van der Waals surface area contributed by atoms with Crippen LogP contribution >= 0.6 is 0 Å². The second-order valence-electron chi connectivity index (χ2n) is 6.66. The molecule has 2 aromatic rings. The molecule has 0 unspecified atom stereocenters. The van der Waals surface area contributed by atoms with E-state index in [1.165, 1.54) is 5.56 Å². The van der Waals surface area contributed by atoms with Gasteiger partial charge >= 0.3 is 6.09 Å². The molecule has 0 saturated carbocycles. The summed E-state index contributed by atoms with van der Waals surface area (Å²) in [6.07, 6.45) is 1.38. The second kappa shape index (κ2) is 9.66. The van der Waals surface area contributed by atoms with Gasteiger partial charge < -0.3 is 10.1 Å². The Bertz CT molecular complexity index is 815. The zero-order chi connectivity index (χ0) is 19.8. The number of piperidine rings is 1. The number of nitrogens with one attached hydrogen (secondary N) is 4. The lowest BCUT2D eigenvalue weighted by molar-refractivity contribution is 0.0975. The van der Waals surface area contributed by atoms with Gasteiger partial charge in [0.05, 0.1) is 0 Å². The molecule has 2 amide bonds. The van der Waals surface area contributed by atoms with Crippen LogP contribution in [0.2, 0.25) is 0 Å². The number of carbonyl (C=O) groups is 2. The van der Waals surface area contributed by atoms with Gasteiger partial charge in [0, 0.05) is 5.56 Å². The van der Waals surface area contributed by atoms with Gasteiger partial charge in [0.2, 0.25) is 5.96 Å². The van der Waals surface area contributed by atoms with E-state index in [1.807, 2.05) is 42.5 Å². The summed E-state index contributed by atoms with van der Waals surface area (Å²) in [5, 5.41) is 15.6. The number of ether oxygens (including phenoxy) is 1. The van der Waals surface area contributed by atoms with Crippen molar-refractivity contribution in [3.8, 4) is 0 Å². The average Bonchev–Trinajstić information content (AvgIpc) is 2.73. The van der Waals surface area contributed by atoms with E-state index in [-0.39, 0.29) is 6.61 Å². The van der Waals surface area contributed by atoms with Gasteiger partial charge in [-0.15, -0.1) is 0 Å². The van der Waals surface area contributed by atoms with E-state index in [4.69, 9.17) is 10.1 Å². The van der Waals surface area contributed by atoms with Crippen LogP contribution in [0.1, 0.15) is 40.2 Å². The largest absolute Gasteiger partial charge is 0.444 e. The molecule has 4 N–H and O–H groups in total. The molecule has 146 valence electrons. The van der Waals surface area contributed by atoms with Gasteiger partial charge in [0.1, 0.15) is 6.61 Å². The third-order valence-corrected chi connectivity index (χ3v) is 4.66. The number of rotatable bonds is 4. The summed E-state index contributed by atoms with van der Waals surface area (Å²) in [6, 6.07) is 16.6. The molecule has 1 aliphatic heterocycles. The predicted molar refractivity (Wildman–Crippen MR) is 106 cm³/mol. The van der Waals surface area contributed by atoms with Crippen LogP contribution in [0.15, 0.2) is 54.6 Å². The van der Waals surface area contributed by atoms with Gasteiger partial charge in [-0.05, 0) is 55.1 Å². The molecule has 0 bridgehead atoms. The third kappa shape index (κ3) is 5.65. The Balaban J connectivity index is 1.45. The summed E-state index contributed by atoms with van der Waals surface area (Å²) < 4.78 is 5.02. The van der Waals surface area contributed by atoms with Crippen molar-refractivity contribution in [1.82, 2.24) is 16.0 Å². The van der Waals surface area contributed by atoms with E-state index in [1.54, 1.807) is 12.1 Å². The maximum Gasteiger partial charge on any atom is 0.414 e. The lowest BCUT2D eigenvalue weighted by Gasteiger charge is -2.23. The Morgan fingerprint density at radius 2 is 1.68 bits per heavy atom. The monoisotopic (exact) mass is 380 g/mol. The van der Waals surface area contributed by atoms with Crippen molar-refractivity contribution >= 4 is 18.0 Å². The van der Waals surface area contributed by atoms with Crippen LogP contribution in [0, 0.1) is 5.41 Å². The van der Waals surface area contributed by atoms with Crippen molar-refractivity contribution in [3.63, 3.8) is 0 Å². The SMILES string of the molecule is N=C(NC(=O)OCc1ccccc1)NC(=O)c1ccc(C2CCNCC2)cc1. The van der Waals surface area contributed by atoms with E-state index in [0.717, 1.165) is 31.5 Å². The molecule has 7 nitrogen and oxygen atoms in total. The van der Waals surface area contributed by atoms with Crippen LogP contribution in [0.3, 0.4) is 0 Å². The van der Waals surface area contributed by atoms with Gasteiger partial charge in [-0.1, -0.05) is 42.5 Å². The average molecular weight is 380 g/mol. The fraction of sp³-hybridized carbons (Fsp3) is 0.286. The summed E-state index contributed by atoms with van der Waals surface area (Å²) in [5.74, 6) is -0.367. The highest BCUT2D eigenvalue weighted by atomic mass is 16.5. The predicted octanol–water partition coefficient (Wildman–Crippen LogP) is 2.74. The number of hydrogen-bond acceptors (Lipinski definition) is 5. The molecule has 1 fully saturated rings. The lowest BCUT2D eigenvalue weighted by atomic mass is 9.90. The van der Waals surface area contributed by atoms with Crippen molar-refractivity contribution in [1.29, 1.82) is 5.41 Å². The molecule has 0 atom stereocenters. The van der Waals surface area contributed by atoms with E-state index in [9.17, 15) is 9.59 Å². The molecule has 7 heteroatoms. The van der Waals surface area contributed by atoms with Crippen molar-refractivity contribution < 1.29 is 14.3 Å². The Morgan fingerprint density at radius 3 is 2.36 bits per heavy atom. The molecular formula is C21H24N4O3. The fourth-order valence-corrected chi connectivity index (χ4v) is 3.14. The number of alkyl carbamates (subject to hydrolysis) is 1. The smallest absolute Gasteiger partial charge is 0.414 e. The lowest BCUT2D eigenvalue weighted by Crippen LogP contribution is -2.43. The summed E-state index contributed by atoms with van der Waals surface area (Å²) in [6.45, 7) is 2.11. The first-order valence-electron chi connectivity index (χ1n) is 9.30. The van der Waals surface area contributed by atoms with Crippen molar-refractivity contribution in [2.45, 2.75) is 25.4 Å². The van der Waals surface area contributed by atoms with Crippen LogP contribution in [0.4, 0.5) is 4.79 Å². The highest BCUT2D eigenvalue weighted by molar-refractivity contribution is 6.07. The first-order chi connectivity index (χ1) is 13.6. The van der Waals surface area contributed by atoms with Crippen LogP contribution in [0.25, 0.3) is 0 Å². The van der Waals surface area contributed by atoms with Crippen LogP contribution in [0.5, 0.6) is 0 Å². The Hall–Kier alpha value is -3.19. The van der Waals surface area contributed by atoms with E-state index >= 15 is 0 Å². The Labute approximate surface area is 164 Å². The highest BCUT2D eigenvalue weighted by Gasteiger charge is 2.16. The molecule has 0 radical (unpaired) electrons. The maximum atomic E-state index is 12.2. The maximum absolute atomic E-state index is 12.2. The summed E-state index contributed by atoms with van der Waals surface area (Å²) in [7, 11) is 0. The van der Waals surface area contributed by atoms with E-state index in [2.05, 4.69) is 16.0 Å². The highest BCUT2D eigenvalue weighted by Crippen LogP contribution is 2.25. The van der Waals surface area contributed by atoms with Crippen molar-refractivity contribution in [2.24, 2.45) is 0 Å². The zero-order valence-electron chi connectivity index (χ0n) is 15.5. The van der Waals surface area contributed by atoms with Crippen molar-refractivity contribution in [2.75, 3.05) is 13.1 Å². The molecule has 0 aromatic heterocycles. The minimum atomic E-state index is -0.796. The van der Waals surface area contributed by atoms with Crippen LogP contribution in [-0.2, 0) is 11.3 Å². The number of amides is 2.